The zero-order chi connectivity index (χ0) is 11.5. The van der Waals surface area contributed by atoms with Gasteiger partial charge in [0.25, 0.3) is 0 Å². The predicted molar refractivity (Wildman–Crippen MR) is 74.5 cm³/mol. The van der Waals surface area contributed by atoms with Gasteiger partial charge >= 0.3 is 0 Å². The lowest BCUT2D eigenvalue weighted by Crippen LogP contribution is -1.98. The van der Waals surface area contributed by atoms with Gasteiger partial charge in [-0.3, -0.25) is 4.74 Å². The number of nitrogens with zero attached hydrogens (tertiary/aromatic N) is 1. The molecule has 0 atom stereocenters. The van der Waals surface area contributed by atoms with Crippen molar-refractivity contribution in [1.82, 2.24) is 0 Å². The minimum atomic E-state index is 0.879. The van der Waals surface area contributed by atoms with Crippen LogP contribution in [0.2, 0.25) is 0 Å². The van der Waals surface area contributed by atoms with Gasteiger partial charge in [0.1, 0.15) is 0 Å². The Morgan fingerprint density at radius 3 is 1.88 bits per heavy atom. The monoisotopic (exact) mass is 241 g/mol. The van der Waals surface area contributed by atoms with E-state index in [1.807, 2.05) is 0 Å². The van der Waals surface area contributed by atoms with Crippen LogP contribution in [0.25, 0.3) is 0 Å². The quantitative estimate of drug-likeness (QED) is 0.553. The first-order valence-corrected chi connectivity index (χ1v) is 8.21. The molecule has 0 unspecified atom stereocenters. The minimum Gasteiger partial charge on any atom is -0.268 e. The highest BCUT2D eigenvalue weighted by Crippen LogP contribution is 2.25. The molecule has 0 aromatic heterocycles. The zero-order valence-electron chi connectivity index (χ0n) is 11.0. The van der Waals surface area contributed by atoms with E-state index in [2.05, 4.69) is 11.7 Å². The molecule has 1 fully saturated rings. The minimum absolute atomic E-state index is 0.879. The van der Waals surface area contributed by atoms with Gasteiger partial charge in [-0.15, -0.1) is 0 Å². The molecule has 0 spiro atoms. The Kier molecular flexibility index (Phi) is 9.09. The largest absolute Gasteiger partial charge is 0.268 e. The van der Waals surface area contributed by atoms with Crippen molar-refractivity contribution in [2.24, 2.45) is 4.74 Å². The maximum atomic E-state index is 4.64. The van der Waals surface area contributed by atoms with Crippen molar-refractivity contribution in [2.45, 2.75) is 83.2 Å². The molecule has 2 heteroatoms. The van der Waals surface area contributed by atoms with E-state index < -0.39 is 0 Å². The first kappa shape index (κ1) is 14.2. The van der Waals surface area contributed by atoms with Gasteiger partial charge in [0.05, 0.1) is 0 Å². The summed E-state index contributed by atoms with van der Waals surface area (Å²) in [5.74, 6) is 0. The molecular formula is C14H28NP. The summed E-state index contributed by atoms with van der Waals surface area (Å²) >= 11 is 0. The van der Waals surface area contributed by atoms with E-state index in [9.17, 15) is 0 Å². The van der Waals surface area contributed by atoms with Gasteiger partial charge in [0, 0.05) is 20.6 Å². The van der Waals surface area contributed by atoms with E-state index >= 15 is 0 Å². The fourth-order valence-electron chi connectivity index (χ4n) is 2.35. The van der Waals surface area contributed by atoms with Gasteiger partial charge in [-0.2, -0.15) is 0 Å². The average Bonchev–Trinajstić information content (AvgIpc) is 2.35. The van der Waals surface area contributed by atoms with Gasteiger partial charge in [0.15, 0.2) is 0 Å². The molecule has 1 rings (SSSR count). The summed E-state index contributed by atoms with van der Waals surface area (Å²) in [7, 11) is 1.40. The molecule has 1 saturated carbocycles. The Hall–Kier alpha value is 0.100. The van der Waals surface area contributed by atoms with Crippen molar-refractivity contribution in [2.75, 3.05) is 6.54 Å². The Morgan fingerprint density at radius 1 is 0.875 bits per heavy atom. The molecule has 0 bridgehead atoms. The molecule has 0 aliphatic heterocycles. The predicted octanol–water partition coefficient (Wildman–Crippen LogP) is 5.81. The second-order valence-electron chi connectivity index (χ2n) is 5.04. The molecule has 1 aliphatic carbocycles. The molecule has 0 N–H and O–H groups in total. The topological polar surface area (TPSA) is 12.4 Å². The summed E-state index contributed by atoms with van der Waals surface area (Å²) in [6.07, 6.45) is 15.7. The number of hydrogen-bond donors (Lipinski definition) is 0. The van der Waals surface area contributed by atoms with Crippen LogP contribution in [0.4, 0.5) is 0 Å². The normalized spacial score (nSPS) is 22.1. The molecule has 1 nitrogen and oxygen atoms in total. The maximum absolute atomic E-state index is 4.64. The lowest BCUT2D eigenvalue weighted by Gasteiger charge is -2.10. The van der Waals surface area contributed by atoms with Crippen LogP contribution < -0.4 is 0 Å². The van der Waals surface area contributed by atoms with Crippen LogP contribution >= 0.6 is 8.37 Å². The SMILES string of the molecule is CCCN=PC1CCCCCCCCCC1. The Morgan fingerprint density at radius 2 is 1.38 bits per heavy atom. The summed E-state index contributed by atoms with van der Waals surface area (Å²) in [5, 5.41) is 0. The Labute approximate surface area is 103 Å². The van der Waals surface area contributed by atoms with Crippen LogP contribution in [0.1, 0.15) is 77.6 Å². The van der Waals surface area contributed by atoms with Gasteiger partial charge < -0.3 is 0 Å². The molecule has 94 valence electrons. The van der Waals surface area contributed by atoms with E-state index in [1.54, 1.807) is 0 Å². The Bertz CT molecular complexity index is 168. The van der Waals surface area contributed by atoms with Crippen LogP contribution in [0.15, 0.2) is 4.74 Å². The van der Waals surface area contributed by atoms with Crippen LogP contribution in [0.3, 0.4) is 0 Å². The van der Waals surface area contributed by atoms with Crippen molar-refractivity contribution in [3.8, 4) is 0 Å². The van der Waals surface area contributed by atoms with E-state index in [0.29, 0.717) is 0 Å². The van der Waals surface area contributed by atoms with Crippen molar-refractivity contribution in [3.05, 3.63) is 0 Å². The van der Waals surface area contributed by atoms with Crippen LogP contribution in [-0.4, -0.2) is 12.2 Å². The molecule has 0 radical (unpaired) electrons. The lowest BCUT2D eigenvalue weighted by atomic mass is 10.1. The smallest absolute Gasteiger partial charge is 0.0430 e. The van der Waals surface area contributed by atoms with E-state index in [1.165, 1.54) is 79.0 Å². The number of hydrogen-bond acceptors (Lipinski definition) is 1. The van der Waals surface area contributed by atoms with Crippen molar-refractivity contribution in [3.63, 3.8) is 0 Å². The summed E-state index contributed by atoms with van der Waals surface area (Å²) < 4.78 is 4.64. The van der Waals surface area contributed by atoms with Crippen LogP contribution in [-0.2, 0) is 0 Å². The van der Waals surface area contributed by atoms with Gasteiger partial charge in [-0.1, -0.05) is 58.3 Å². The van der Waals surface area contributed by atoms with Crippen molar-refractivity contribution >= 4 is 8.37 Å². The molecule has 0 aromatic carbocycles. The standard InChI is InChI=1S/C14H28NP/c1-2-13-15-16-14-11-9-7-5-3-4-6-8-10-12-14/h14H,2-13H2,1H3. The van der Waals surface area contributed by atoms with Crippen LogP contribution in [0.5, 0.6) is 0 Å². The average molecular weight is 241 g/mol. The van der Waals surface area contributed by atoms with Crippen molar-refractivity contribution < 1.29 is 0 Å². The highest BCUT2D eigenvalue weighted by atomic mass is 31.1. The van der Waals surface area contributed by atoms with E-state index in [-0.39, 0.29) is 0 Å². The summed E-state index contributed by atoms with van der Waals surface area (Å²) in [6.45, 7) is 3.29. The summed E-state index contributed by atoms with van der Waals surface area (Å²) in [5.41, 5.74) is 0.879. The third-order valence-electron chi connectivity index (χ3n) is 3.39. The second kappa shape index (κ2) is 10.3. The fraction of sp³-hybridized carbons (Fsp3) is 1.00. The molecule has 0 saturated heterocycles. The third-order valence-corrected chi connectivity index (χ3v) is 4.60. The first-order valence-electron chi connectivity index (χ1n) is 7.30. The summed E-state index contributed by atoms with van der Waals surface area (Å²) in [6, 6.07) is 0. The molecule has 0 heterocycles. The number of rotatable bonds is 3. The highest BCUT2D eigenvalue weighted by Gasteiger charge is 2.07. The van der Waals surface area contributed by atoms with Gasteiger partial charge in [-0.05, 0) is 19.3 Å². The molecule has 16 heavy (non-hydrogen) atoms. The molecule has 0 amide bonds. The molecule has 1 aliphatic rings. The first-order chi connectivity index (χ1) is 7.93. The van der Waals surface area contributed by atoms with Crippen LogP contribution in [0, 0.1) is 0 Å². The van der Waals surface area contributed by atoms with E-state index in [0.717, 1.165) is 12.2 Å². The van der Waals surface area contributed by atoms with Crippen molar-refractivity contribution in [1.29, 1.82) is 0 Å². The van der Waals surface area contributed by atoms with E-state index in [4.69, 9.17) is 0 Å². The molecular weight excluding hydrogens is 213 g/mol. The Balaban J connectivity index is 2.27. The fourth-order valence-corrected chi connectivity index (χ4v) is 3.50. The lowest BCUT2D eigenvalue weighted by molar-refractivity contribution is 0.585. The highest BCUT2D eigenvalue weighted by molar-refractivity contribution is 7.27. The molecule has 0 aromatic rings. The third kappa shape index (κ3) is 7.39. The summed E-state index contributed by atoms with van der Waals surface area (Å²) in [4.78, 5) is 0. The zero-order valence-corrected chi connectivity index (χ0v) is 11.9. The van der Waals surface area contributed by atoms with Gasteiger partial charge in [-0.25, -0.2) is 0 Å². The maximum Gasteiger partial charge on any atom is 0.0430 e. The van der Waals surface area contributed by atoms with Gasteiger partial charge in [0.2, 0.25) is 0 Å². The second-order valence-corrected chi connectivity index (χ2v) is 6.28.